The third kappa shape index (κ3) is 4.56. The van der Waals surface area contributed by atoms with E-state index >= 15 is 0 Å². The zero-order valence-electron chi connectivity index (χ0n) is 13.8. The Morgan fingerprint density at radius 3 is 2.48 bits per heavy atom. The minimum atomic E-state index is -0.335. The molecule has 1 saturated heterocycles. The highest BCUT2D eigenvalue weighted by atomic mass is 19.1. The van der Waals surface area contributed by atoms with Gasteiger partial charge in [-0.2, -0.15) is 0 Å². The standard InChI is InChI=1S/C19H20FN3O2/c20-17-8-4-7-16(11-17)12-21-18(24)14-23-10-9-22(19(23)25)13-15-5-2-1-3-6-15/h1-8,11H,9-10,12-14H2,(H,21,24). The van der Waals surface area contributed by atoms with Crippen LogP contribution in [-0.2, 0) is 17.9 Å². The molecule has 0 unspecified atom stereocenters. The number of nitrogens with one attached hydrogen (secondary N) is 1. The highest BCUT2D eigenvalue weighted by Gasteiger charge is 2.29. The van der Waals surface area contributed by atoms with Gasteiger partial charge in [-0.25, -0.2) is 9.18 Å². The number of benzene rings is 2. The van der Waals surface area contributed by atoms with Gasteiger partial charge in [0, 0.05) is 26.2 Å². The third-order valence-electron chi connectivity index (χ3n) is 4.11. The van der Waals surface area contributed by atoms with Crippen molar-refractivity contribution in [3.8, 4) is 0 Å². The minimum Gasteiger partial charge on any atom is -0.350 e. The SMILES string of the molecule is O=C(CN1CCN(Cc2ccccc2)C1=O)NCc1cccc(F)c1. The van der Waals surface area contributed by atoms with Crippen LogP contribution in [-0.4, -0.2) is 41.4 Å². The normalized spacial score (nSPS) is 14.0. The number of amides is 3. The Labute approximate surface area is 146 Å². The summed E-state index contributed by atoms with van der Waals surface area (Å²) in [6.07, 6.45) is 0. The molecule has 0 bridgehead atoms. The number of halogens is 1. The number of carbonyl (C=O) groups excluding carboxylic acids is 2. The molecule has 1 N–H and O–H groups in total. The van der Waals surface area contributed by atoms with Crippen LogP contribution in [0.5, 0.6) is 0 Å². The van der Waals surface area contributed by atoms with Crippen molar-refractivity contribution in [2.45, 2.75) is 13.1 Å². The monoisotopic (exact) mass is 341 g/mol. The van der Waals surface area contributed by atoms with E-state index in [1.807, 2.05) is 30.3 Å². The molecule has 25 heavy (non-hydrogen) atoms. The Kier molecular flexibility index (Phi) is 5.28. The molecule has 5 nitrogen and oxygen atoms in total. The summed E-state index contributed by atoms with van der Waals surface area (Å²) in [7, 11) is 0. The first-order chi connectivity index (χ1) is 12.1. The molecule has 1 fully saturated rings. The highest BCUT2D eigenvalue weighted by Crippen LogP contribution is 2.13. The molecular weight excluding hydrogens is 321 g/mol. The molecule has 0 spiro atoms. The lowest BCUT2D eigenvalue weighted by atomic mass is 10.2. The van der Waals surface area contributed by atoms with Gasteiger partial charge in [0.05, 0.1) is 0 Å². The van der Waals surface area contributed by atoms with E-state index in [-0.39, 0.29) is 30.8 Å². The number of urea groups is 1. The molecule has 3 rings (SSSR count). The molecule has 130 valence electrons. The van der Waals surface area contributed by atoms with Gasteiger partial charge in [0.15, 0.2) is 0 Å². The second-order valence-electron chi connectivity index (χ2n) is 6.02. The zero-order chi connectivity index (χ0) is 17.6. The van der Waals surface area contributed by atoms with E-state index in [1.165, 1.54) is 17.0 Å². The Balaban J connectivity index is 1.48. The molecule has 0 aliphatic carbocycles. The molecule has 1 aliphatic rings. The molecule has 3 amide bonds. The number of hydrogen-bond acceptors (Lipinski definition) is 2. The van der Waals surface area contributed by atoms with Crippen LogP contribution in [0, 0.1) is 5.82 Å². The molecule has 0 radical (unpaired) electrons. The van der Waals surface area contributed by atoms with E-state index in [1.54, 1.807) is 17.0 Å². The van der Waals surface area contributed by atoms with Gasteiger partial charge in [0.25, 0.3) is 0 Å². The first-order valence-corrected chi connectivity index (χ1v) is 8.21. The Bertz CT molecular complexity index is 751. The fourth-order valence-electron chi connectivity index (χ4n) is 2.81. The maximum atomic E-state index is 13.1. The summed E-state index contributed by atoms with van der Waals surface area (Å²) in [6.45, 7) is 1.93. The molecule has 6 heteroatoms. The fraction of sp³-hybridized carbons (Fsp3) is 0.263. The van der Waals surface area contributed by atoms with Gasteiger partial charge in [-0.15, -0.1) is 0 Å². The summed E-state index contributed by atoms with van der Waals surface area (Å²) in [5, 5.41) is 2.72. The maximum absolute atomic E-state index is 13.1. The van der Waals surface area contributed by atoms with Crippen molar-refractivity contribution in [2.75, 3.05) is 19.6 Å². The van der Waals surface area contributed by atoms with E-state index in [0.717, 1.165) is 5.56 Å². The topological polar surface area (TPSA) is 52.7 Å². The summed E-state index contributed by atoms with van der Waals surface area (Å²) in [6, 6.07) is 15.7. The van der Waals surface area contributed by atoms with Crippen LogP contribution in [0.1, 0.15) is 11.1 Å². The van der Waals surface area contributed by atoms with Gasteiger partial charge in [-0.1, -0.05) is 42.5 Å². The highest BCUT2D eigenvalue weighted by molar-refractivity contribution is 5.85. The van der Waals surface area contributed by atoms with Crippen LogP contribution in [0.15, 0.2) is 54.6 Å². The number of nitrogens with zero attached hydrogens (tertiary/aromatic N) is 2. The Morgan fingerprint density at radius 2 is 1.72 bits per heavy atom. The fourth-order valence-corrected chi connectivity index (χ4v) is 2.81. The lowest BCUT2D eigenvalue weighted by Gasteiger charge is -2.18. The van der Waals surface area contributed by atoms with Crippen LogP contribution in [0.3, 0.4) is 0 Å². The summed E-state index contributed by atoms with van der Waals surface area (Å²) in [5.74, 6) is -0.586. The molecule has 1 heterocycles. The molecule has 0 aromatic heterocycles. The maximum Gasteiger partial charge on any atom is 0.320 e. The van der Waals surface area contributed by atoms with Gasteiger partial charge in [-0.3, -0.25) is 4.79 Å². The van der Waals surface area contributed by atoms with Crippen molar-refractivity contribution in [3.63, 3.8) is 0 Å². The van der Waals surface area contributed by atoms with Gasteiger partial charge < -0.3 is 15.1 Å². The molecule has 2 aromatic carbocycles. The lowest BCUT2D eigenvalue weighted by Crippen LogP contribution is -2.39. The molecule has 1 aliphatic heterocycles. The van der Waals surface area contributed by atoms with E-state index < -0.39 is 0 Å². The molecule has 0 saturated carbocycles. The molecule has 2 aromatic rings. The van der Waals surface area contributed by atoms with Gasteiger partial charge >= 0.3 is 6.03 Å². The van der Waals surface area contributed by atoms with E-state index in [2.05, 4.69) is 5.32 Å². The first-order valence-electron chi connectivity index (χ1n) is 8.21. The average molecular weight is 341 g/mol. The van der Waals surface area contributed by atoms with E-state index in [0.29, 0.717) is 25.2 Å². The van der Waals surface area contributed by atoms with E-state index in [4.69, 9.17) is 0 Å². The van der Waals surface area contributed by atoms with Crippen LogP contribution >= 0.6 is 0 Å². The van der Waals surface area contributed by atoms with Crippen molar-refractivity contribution in [1.29, 1.82) is 0 Å². The van der Waals surface area contributed by atoms with Gasteiger partial charge in [0.1, 0.15) is 12.4 Å². The second kappa shape index (κ2) is 7.79. The van der Waals surface area contributed by atoms with Crippen molar-refractivity contribution in [3.05, 3.63) is 71.5 Å². The lowest BCUT2D eigenvalue weighted by molar-refractivity contribution is -0.121. The van der Waals surface area contributed by atoms with Crippen molar-refractivity contribution in [2.24, 2.45) is 0 Å². The smallest absolute Gasteiger partial charge is 0.320 e. The number of rotatable bonds is 6. The number of hydrogen-bond donors (Lipinski definition) is 1. The van der Waals surface area contributed by atoms with Crippen LogP contribution in [0.2, 0.25) is 0 Å². The van der Waals surface area contributed by atoms with E-state index in [9.17, 15) is 14.0 Å². The van der Waals surface area contributed by atoms with Crippen LogP contribution in [0.4, 0.5) is 9.18 Å². The average Bonchev–Trinajstić information content (AvgIpc) is 2.94. The first kappa shape index (κ1) is 17.0. The van der Waals surface area contributed by atoms with Gasteiger partial charge in [0.2, 0.25) is 5.91 Å². The van der Waals surface area contributed by atoms with Crippen molar-refractivity contribution >= 4 is 11.9 Å². The quantitative estimate of drug-likeness (QED) is 0.877. The summed E-state index contributed by atoms with van der Waals surface area (Å²) >= 11 is 0. The summed E-state index contributed by atoms with van der Waals surface area (Å²) < 4.78 is 13.1. The predicted molar refractivity (Wildman–Crippen MR) is 92.1 cm³/mol. The molecule has 0 atom stereocenters. The Morgan fingerprint density at radius 1 is 1.00 bits per heavy atom. The van der Waals surface area contributed by atoms with Crippen molar-refractivity contribution in [1.82, 2.24) is 15.1 Å². The van der Waals surface area contributed by atoms with Crippen molar-refractivity contribution < 1.29 is 14.0 Å². The van der Waals surface area contributed by atoms with Crippen LogP contribution < -0.4 is 5.32 Å². The third-order valence-corrected chi connectivity index (χ3v) is 4.11. The molecular formula is C19H20FN3O2. The second-order valence-corrected chi connectivity index (χ2v) is 6.02. The summed E-state index contributed by atoms with van der Waals surface area (Å²) in [5.41, 5.74) is 1.75. The zero-order valence-corrected chi connectivity index (χ0v) is 13.8. The van der Waals surface area contributed by atoms with Gasteiger partial charge in [-0.05, 0) is 23.3 Å². The van der Waals surface area contributed by atoms with Crippen LogP contribution in [0.25, 0.3) is 0 Å². The Hall–Kier alpha value is -2.89. The minimum absolute atomic E-state index is 0.0133. The number of carbonyl (C=O) groups is 2. The summed E-state index contributed by atoms with van der Waals surface area (Å²) in [4.78, 5) is 27.7. The largest absolute Gasteiger partial charge is 0.350 e. The predicted octanol–water partition coefficient (Wildman–Crippen LogP) is 2.38.